The summed E-state index contributed by atoms with van der Waals surface area (Å²) in [5.74, 6) is 0.907. The van der Waals surface area contributed by atoms with Crippen molar-refractivity contribution in [1.29, 1.82) is 0 Å². The SMILES string of the molecule is CN=C(NCC(C)(C)CN(C)C)NCC1(c2ccccc2)CCC1.I. The summed E-state index contributed by atoms with van der Waals surface area (Å²) in [5, 5.41) is 7.06. The van der Waals surface area contributed by atoms with Crippen LogP contribution in [0.5, 0.6) is 0 Å². The number of hydrogen-bond donors (Lipinski definition) is 2. The maximum absolute atomic E-state index is 4.41. The molecular formula is C20H35IN4. The van der Waals surface area contributed by atoms with Crippen LogP contribution in [0.1, 0.15) is 38.7 Å². The van der Waals surface area contributed by atoms with E-state index in [1.165, 1.54) is 24.8 Å². The molecule has 0 amide bonds. The van der Waals surface area contributed by atoms with E-state index >= 15 is 0 Å². The predicted octanol–water partition coefficient (Wildman–Crippen LogP) is 3.48. The normalized spacial score (nSPS) is 16.8. The van der Waals surface area contributed by atoms with Crippen molar-refractivity contribution in [3.8, 4) is 0 Å². The van der Waals surface area contributed by atoms with E-state index in [1.807, 2.05) is 7.05 Å². The third kappa shape index (κ3) is 6.44. The van der Waals surface area contributed by atoms with Crippen molar-refractivity contribution < 1.29 is 0 Å². The van der Waals surface area contributed by atoms with Gasteiger partial charge in [-0.3, -0.25) is 4.99 Å². The van der Waals surface area contributed by atoms with Crippen molar-refractivity contribution in [2.75, 3.05) is 40.8 Å². The Hall–Kier alpha value is -0.820. The van der Waals surface area contributed by atoms with Crippen LogP contribution in [0, 0.1) is 5.41 Å². The quantitative estimate of drug-likeness (QED) is 0.374. The second-order valence-electron chi connectivity index (χ2n) is 8.18. The molecule has 0 aliphatic heterocycles. The standard InChI is InChI=1S/C20H34N4.HI/c1-19(2,16-24(4)5)14-22-18(21-3)23-15-20(12-9-13-20)17-10-7-6-8-11-17;/h6-8,10-11H,9,12-16H2,1-5H3,(H2,21,22,23);1H. The molecule has 2 N–H and O–H groups in total. The Labute approximate surface area is 170 Å². The second kappa shape index (κ2) is 9.76. The highest BCUT2D eigenvalue weighted by Gasteiger charge is 2.38. The third-order valence-corrected chi connectivity index (χ3v) is 4.99. The van der Waals surface area contributed by atoms with Crippen LogP contribution in [0.2, 0.25) is 0 Å². The van der Waals surface area contributed by atoms with Crippen molar-refractivity contribution >= 4 is 29.9 Å². The molecule has 0 saturated heterocycles. The molecule has 2 rings (SSSR count). The van der Waals surface area contributed by atoms with Crippen LogP contribution in [-0.4, -0.2) is 51.6 Å². The van der Waals surface area contributed by atoms with Crippen LogP contribution < -0.4 is 10.6 Å². The topological polar surface area (TPSA) is 39.7 Å². The lowest BCUT2D eigenvalue weighted by Crippen LogP contribution is -2.50. The number of nitrogens with zero attached hydrogens (tertiary/aromatic N) is 2. The Kier molecular flexibility index (Phi) is 8.68. The molecule has 0 bridgehead atoms. The highest BCUT2D eigenvalue weighted by atomic mass is 127. The van der Waals surface area contributed by atoms with Gasteiger partial charge in [0.2, 0.25) is 0 Å². The number of halogens is 1. The molecule has 1 aliphatic rings. The lowest BCUT2D eigenvalue weighted by atomic mass is 9.64. The molecular weight excluding hydrogens is 423 g/mol. The molecule has 142 valence electrons. The highest BCUT2D eigenvalue weighted by molar-refractivity contribution is 14.0. The van der Waals surface area contributed by atoms with Crippen molar-refractivity contribution in [2.45, 2.75) is 38.5 Å². The summed E-state index contributed by atoms with van der Waals surface area (Å²) in [6, 6.07) is 10.9. The van der Waals surface area contributed by atoms with Crippen molar-refractivity contribution in [3.63, 3.8) is 0 Å². The summed E-state index contributed by atoms with van der Waals surface area (Å²) in [6.07, 6.45) is 3.83. The molecule has 1 aliphatic carbocycles. The van der Waals surface area contributed by atoms with Gasteiger partial charge in [-0.05, 0) is 37.9 Å². The number of guanidine groups is 1. The minimum Gasteiger partial charge on any atom is -0.356 e. The molecule has 0 aromatic heterocycles. The Morgan fingerprint density at radius 3 is 2.28 bits per heavy atom. The van der Waals surface area contributed by atoms with Crippen LogP contribution in [0.3, 0.4) is 0 Å². The van der Waals surface area contributed by atoms with Crippen molar-refractivity contribution in [2.24, 2.45) is 10.4 Å². The van der Waals surface area contributed by atoms with Gasteiger partial charge in [-0.1, -0.05) is 50.6 Å². The Morgan fingerprint density at radius 2 is 1.80 bits per heavy atom. The van der Waals surface area contributed by atoms with E-state index in [0.29, 0.717) is 0 Å². The maximum Gasteiger partial charge on any atom is 0.191 e. The summed E-state index contributed by atoms with van der Waals surface area (Å²) in [4.78, 5) is 6.64. The van der Waals surface area contributed by atoms with E-state index in [-0.39, 0.29) is 34.8 Å². The fraction of sp³-hybridized carbons (Fsp3) is 0.650. The molecule has 0 spiro atoms. The molecule has 4 nitrogen and oxygen atoms in total. The van der Waals surface area contributed by atoms with Crippen molar-refractivity contribution in [1.82, 2.24) is 15.5 Å². The molecule has 1 aromatic carbocycles. The van der Waals surface area contributed by atoms with E-state index in [4.69, 9.17) is 0 Å². The zero-order chi connectivity index (χ0) is 17.6. The first-order valence-corrected chi connectivity index (χ1v) is 9.02. The van der Waals surface area contributed by atoms with Gasteiger partial charge in [-0.15, -0.1) is 24.0 Å². The summed E-state index contributed by atoms with van der Waals surface area (Å²) in [6.45, 7) is 7.47. The summed E-state index contributed by atoms with van der Waals surface area (Å²) in [7, 11) is 6.09. The molecule has 1 aromatic rings. The van der Waals surface area contributed by atoms with Gasteiger partial charge < -0.3 is 15.5 Å². The molecule has 0 radical (unpaired) electrons. The fourth-order valence-electron chi connectivity index (χ4n) is 3.67. The highest BCUT2D eigenvalue weighted by Crippen LogP contribution is 2.43. The average Bonchev–Trinajstić information content (AvgIpc) is 2.49. The summed E-state index contributed by atoms with van der Waals surface area (Å²) < 4.78 is 0. The largest absolute Gasteiger partial charge is 0.356 e. The summed E-state index contributed by atoms with van der Waals surface area (Å²) >= 11 is 0. The molecule has 0 unspecified atom stereocenters. The third-order valence-electron chi connectivity index (χ3n) is 4.99. The zero-order valence-electron chi connectivity index (χ0n) is 16.4. The maximum atomic E-state index is 4.41. The minimum atomic E-state index is 0. The first-order chi connectivity index (χ1) is 11.4. The first-order valence-electron chi connectivity index (χ1n) is 9.02. The molecule has 1 saturated carbocycles. The van der Waals surface area contributed by atoms with Gasteiger partial charge in [0.15, 0.2) is 5.96 Å². The van der Waals surface area contributed by atoms with E-state index in [0.717, 1.165) is 25.6 Å². The number of hydrogen-bond acceptors (Lipinski definition) is 2. The minimum absolute atomic E-state index is 0. The van der Waals surface area contributed by atoms with Gasteiger partial charge in [0.05, 0.1) is 0 Å². The molecule has 0 atom stereocenters. The average molecular weight is 458 g/mol. The van der Waals surface area contributed by atoms with E-state index < -0.39 is 0 Å². The van der Waals surface area contributed by atoms with Crippen LogP contribution in [0.4, 0.5) is 0 Å². The number of rotatable bonds is 7. The Bertz CT molecular complexity index is 536. The molecule has 5 heteroatoms. The zero-order valence-corrected chi connectivity index (χ0v) is 18.8. The van der Waals surface area contributed by atoms with Crippen LogP contribution in [-0.2, 0) is 5.41 Å². The number of aliphatic imine (C=N–C) groups is 1. The fourth-order valence-corrected chi connectivity index (χ4v) is 3.67. The Morgan fingerprint density at radius 1 is 1.16 bits per heavy atom. The van der Waals surface area contributed by atoms with Crippen molar-refractivity contribution in [3.05, 3.63) is 35.9 Å². The van der Waals surface area contributed by atoms with Gasteiger partial charge in [-0.25, -0.2) is 0 Å². The van der Waals surface area contributed by atoms with Gasteiger partial charge >= 0.3 is 0 Å². The van der Waals surface area contributed by atoms with Gasteiger partial charge in [-0.2, -0.15) is 0 Å². The van der Waals surface area contributed by atoms with Gasteiger partial charge in [0.1, 0.15) is 0 Å². The summed E-state index contributed by atoms with van der Waals surface area (Å²) in [5.41, 5.74) is 1.93. The lowest BCUT2D eigenvalue weighted by molar-refractivity contribution is 0.236. The Balaban J connectivity index is 0.00000312. The monoisotopic (exact) mass is 458 g/mol. The van der Waals surface area contributed by atoms with Crippen LogP contribution >= 0.6 is 24.0 Å². The lowest BCUT2D eigenvalue weighted by Gasteiger charge is -2.43. The van der Waals surface area contributed by atoms with E-state index in [9.17, 15) is 0 Å². The number of nitrogens with one attached hydrogen (secondary N) is 2. The molecule has 1 fully saturated rings. The van der Waals surface area contributed by atoms with Crippen LogP contribution in [0.25, 0.3) is 0 Å². The second-order valence-corrected chi connectivity index (χ2v) is 8.18. The van der Waals surface area contributed by atoms with E-state index in [1.54, 1.807) is 0 Å². The number of benzene rings is 1. The smallest absolute Gasteiger partial charge is 0.191 e. The van der Waals surface area contributed by atoms with Gasteiger partial charge in [0.25, 0.3) is 0 Å². The molecule has 0 heterocycles. The van der Waals surface area contributed by atoms with Gasteiger partial charge in [0, 0.05) is 32.1 Å². The van der Waals surface area contributed by atoms with Crippen LogP contribution in [0.15, 0.2) is 35.3 Å². The first kappa shape index (κ1) is 22.2. The van der Waals surface area contributed by atoms with E-state index in [2.05, 4.69) is 78.8 Å². The molecule has 25 heavy (non-hydrogen) atoms. The predicted molar refractivity (Wildman–Crippen MR) is 119 cm³/mol.